The van der Waals surface area contributed by atoms with Crippen LogP contribution in [0.5, 0.6) is 0 Å². The number of aromatic nitrogens is 3. The number of alkyl halides is 1. The summed E-state index contributed by atoms with van der Waals surface area (Å²) >= 11 is 3.48. The lowest BCUT2D eigenvalue weighted by molar-refractivity contribution is 0.537. The summed E-state index contributed by atoms with van der Waals surface area (Å²) < 4.78 is 2.15. The zero-order valence-corrected chi connectivity index (χ0v) is 12.4. The normalized spacial score (nSPS) is 12.6. The molecule has 0 saturated heterocycles. The first-order valence-corrected chi connectivity index (χ1v) is 7.43. The Morgan fingerprint density at radius 3 is 2.44 bits per heavy atom. The van der Waals surface area contributed by atoms with Crippen molar-refractivity contribution in [2.45, 2.75) is 32.0 Å². The predicted octanol–water partition coefficient (Wildman–Crippen LogP) is 3.75. The van der Waals surface area contributed by atoms with Gasteiger partial charge in [0.1, 0.15) is 11.6 Å². The van der Waals surface area contributed by atoms with Crippen molar-refractivity contribution >= 4 is 15.9 Å². The average molecular weight is 308 g/mol. The van der Waals surface area contributed by atoms with Crippen molar-refractivity contribution in [3.05, 3.63) is 42.0 Å². The molecule has 1 heterocycles. The lowest BCUT2D eigenvalue weighted by Gasteiger charge is -2.11. The maximum absolute atomic E-state index is 4.33. The van der Waals surface area contributed by atoms with Gasteiger partial charge in [-0.2, -0.15) is 0 Å². The van der Waals surface area contributed by atoms with E-state index in [1.807, 2.05) is 18.2 Å². The summed E-state index contributed by atoms with van der Waals surface area (Å²) in [4.78, 5) is 0. The molecule has 0 aliphatic rings. The van der Waals surface area contributed by atoms with Gasteiger partial charge in [-0.1, -0.05) is 54.4 Å². The third kappa shape index (κ3) is 2.80. The van der Waals surface area contributed by atoms with Gasteiger partial charge in [-0.05, 0) is 18.1 Å². The lowest BCUT2D eigenvalue weighted by Crippen LogP contribution is -2.08. The molecular formula is C14H18BrN3. The predicted molar refractivity (Wildman–Crippen MR) is 77.1 cm³/mol. The molecule has 0 aliphatic heterocycles. The smallest absolute Gasteiger partial charge is 0.148 e. The molecule has 3 nitrogen and oxygen atoms in total. The van der Waals surface area contributed by atoms with Crippen LogP contribution in [0.3, 0.4) is 0 Å². The van der Waals surface area contributed by atoms with E-state index in [1.165, 1.54) is 0 Å². The maximum atomic E-state index is 4.33. The number of rotatable bonds is 5. The van der Waals surface area contributed by atoms with Crippen LogP contribution >= 0.6 is 15.9 Å². The fourth-order valence-corrected chi connectivity index (χ4v) is 2.27. The van der Waals surface area contributed by atoms with Crippen molar-refractivity contribution in [3.63, 3.8) is 0 Å². The molecule has 0 radical (unpaired) electrons. The fraction of sp³-hybridized carbons (Fsp3) is 0.429. The summed E-state index contributed by atoms with van der Waals surface area (Å²) in [5.41, 5.74) is 1.13. The largest absolute Gasteiger partial charge is 0.282 e. The maximum Gasteiger partial charge on any atom is 0.148 e. The first-order valence-electron chi connectivity index (χ1n) is 6.30. The molecule has 0 N–H and O–H groups in total. The van der Waals surface area contributed by atoms with Gasteiger partial charge in [-0.15, -0.1) is 10.2 Å². The van der Waals surface area contributed by atoms with Gasteiger partial charge in [0.05, 0.1) is 5.33 Å². The van der Waals surface area contributed by atoms with Crippen LogP contribution in [0.1, 0.15) is 31.9 Å². The Kier molecular flexibility index (Phi) is 4.53. The Labute approximate surface area is 116 Å². The highest BCUT2D eigenvalue weighted by atomic mass is 79.9. The molecular weight excluding hydrogens is 290 g/mol. The molecule has 96 valence electrons. The SMILES string of the molecule is CCC(C)Cc1nnc(CBr)n1-c1ccccc1. The van der Waals surface area contributed by atoms with Crippen LogP contribution in [-0.4, -0.2) is 14.8 Å². The fourth-order valence-electron chi connectivity index (χ4n) is 1.90. The second-order valence-electron chi connectivity index (χ2n) is 4.55. The molecule has 2 rings (SSSR count). The van der Waals surface area contributed by atoms with Crippen LogP contribution in [0, 0.1) is 5.92 Å². The van der Waals surface area contributed by atoms with Crippen molar-refractivity contribution in [2.24, 2.45) is 5.92 Å². The molecule has 2 aromatic rings. The molecule has 0 aliphatic carbocycles. The molecule has 1 aromatic carbocycles. The number of halogens is 1. The Morgan fingerprint density at radius 1 is 1.17 bits per heavy atom. The Balaban J connectivity index is 2.40. The third-order valence-corrected chi connectivity index (χ3v) is 3.66. The molecule has 4 heteroatoms. The summed E-state index contributed by atoms with van der Waals surface area (Å²) in [5, 5.41) is 9.32. The minimum Gasteiger partial charge on any atom is -0.282 e. The van der Waals surface area contributed by atoms with Gasteiger partial charge in [0.2, 0.25) is 0 Å². The monoisotopic (exact) mass is 307 g/mol. The van der Waals surface area contributed by atoms with Crippen molar-refractivity contribution in [1.82, 2.24) is 14.8 Å². The highest BCUT2D eigenvalue weighted by Gasteiger charge is 2.14. The zero-order chi connectivity index (χ0) is 13.0. The van der Waals surface area contributed by atoms with Crippen molar-refractivity contribution in [3.8, 4) is 5.69 Å². The minimum absolute atomic E-state index is 0.625. The van der Waals surface area contributed by atoms with Crippen LogP contribution in [0.2, 0.25) is 0 Å². The number of hydrogen-bond acceptors (Lipinski definition) is 2. The zero-order valence-electron chi connectivity index (χ0n) is 10.8. The van der Waals surface area contributed by atoms with E-state index in [0.717, 1.165) is 35.5 Å². The van der Waals surface area contributed by atoms with Gasteiger partial charge in [0.25, 0.3) is 0 Å². The molecule has 18 heavy (non-hydrogen) atoms. The first-order chi connectivity index (χ1) is 8.76. The van der Waals surface area contributed by atoms with Gasteiger partial charge in [0.15, 0.2) is 0 Å². The highest BCUT2D eigenvalue weighted by molar-refractivity contribution is 9.08. The lowest BCUT2D eigenvalue weighted by atomic mass is 10.0. The second-order valence-corrected chi connectivity index (χ2v) is 5.12. The standard InChI is InChI=1S/C14H18BrN3/c1-3-11(2)9-13-16-17-14(10-15)18(13)12-7-5-4-6-8-12/h4-8,11H,3,9-10H2,1-2H3. The number of nitrogens with zero attached hydrogens (tertiary/aromatic N) is 3. The minimum atomic E-state index is 0.625. The summed E-state index contributed by atoms with van der Waals surface area (Å²) in [6, 6.07) is 10.3. The molecule has 1 aromatic heterocycles. The van der Waals surface area contributed by atoms with E-state index in [2.05, 4.69) is 56.7 Å². The van der Waals surface area contributed by atoms with Crippen molar-refractivity contribution < 1.29 is 0 Å². The van der Waals surface area contributed by atoms with Gasteiger partial charge in [-0.25, -0.2) is 0 Å². The van der Waals surface area contributed by atoms with Crippen LogP contribution in [-0.2, 0) is 11.8 Å². The van der Waals surface area contributed by atoms with E-state index in [-0.39, 0.29) is 0 Å². The van der Waals surface area contributed by atoms with Gasteiger partial charge >= 0.3 is 0 Å². The van der Waals surface area contributed by atoms with Crippen LogP contribution in [0.15, 0.2) is 30.3 Å². The summed E-state index contributed by atoms with van der Waals surface area (Å²) in [5.74, 6) is 2.63. The van der Waals surface area contributed by atoms with Crippen LogP contribution < -0.4 is 0 Å². The van der Waals surface area contributed by atoms with E-state index in [9.17, 15) is 0 Å². The van der Waals surface area contributed by atoms with Crippen molar-refractivity contribution in [2.75, 3.05) is 0 Å². The molecule has 0 bridgehead atoms. The van der Waals surface area contributed by atoms with E-state index in [0.29, 0.717) is 5.92 Å². The van der Waals surface area contributed by atoms with E-state index >= 15 is 0 Å². The molecule has 1 atom stereocenters. The Morgan fingerprint density at radius 2 is 1.83 bits per heavy atom. The summed E-state index contributed by atoms with van der Waals surface area (Å²) in [6.07, 6.45) is 2.12. The number of benzene rings is 1. The van der Waals surface area contributed by atoms with Crippen LogP contribution in [0.4, 0.5) is 0 Å². The highest BCUT2D eigenvalue weighted by Crippen LogP contribution is 2.18. The van der Waals surface area contributed by atoms with E-state index < -0.39 is 0 Å². The third-order valence-electron chi connectivity index (χ3n) is 3.16. The number of para-hydroxylation sites is 1. The second kappa shape index (κ2) is 6.14. The Bertz CT molecular complexity index is 493. The molecule has 0 amide bonds. The summed E-state index contributed by atoms with van der Waals surface area (Å²) in [6.45, 7) is 4.46. The van der Waals surface area contributed by atoms with E-state index in [4.69, 9.17) is 0 Å². The molecule has 0 spiro atoms. The quantitative estimate of drug-likeness (QED) is 0.788. The molecule has 0 saturated carbocycles. The van der Waals surface area contributed by atoms with Gasteiger partial charge in [-0.3, -0.25) is 4.57 Å². The number of hydrogen-bond donors (Lipinski definition) is 0. The molecule has 1 unspecified atom stereocenters. The molecule has 0 fully saturated rings. The Hall–Kier alpha value is -1.16. The van der Waals surface area contributed by atoms with Crippen molar-refractivity contribution in [1.29, 1.82) is 0 Å². The summed E-state index contributed by atoms with van der Waals surface area (Å²) in [7, 11) is 0. The van der Waals surface area contributed by atoms with Gasteiger partial charge in [0, 0.05) is 12.1 Å². The van der Waals surface area contributed by atoms with Gasteiger partial charge < -0.3 is 0 Å². The topological polar surface area (TPSA) is 30.7 Å². The average Bonchev–Trinajstić information content (AvgIpc) is 2.82. The van der Waals surface area contributed by atoms with E-state index in [1.54, 1.807) is 0 Å². The van der Waals surface area contributed by atoms with Crippen LogP contribution in [0.25, 0.3) is 5.69 Å². The first kappa shape index (κ1) is 13.3.